The van der Waals surface area contributed by atoms with Gasteiger partial charge in [-0.3, -0.25) is 4.79 Å². The summed E-state index contributed by atoms with van der Waals surface area (Å²) in [6.07, 6.45) is 1.88. The van der Waals surface area contributed by atoms with Gasteiger partial charge < -0.3 is 9.47 Å². The summed E-state index contributed by atoms with van der Waals surface area (Å²) in [4.78, 5) is 11.7. The highest BCUT2D eigenvalue weighted by Crippen LogP contribution is 2.34. The Labute approximate surface area is 114 Å². The van der Waals surface area contributed by atoms with Gasteiger partial charge in [0.15, 0.2) is 0 Å². The van der Waals surface area contributed by atoms with Crippen molar-refractivity contribution in [1.29, 1.82) is 0 Å². The number of nitrogens with zero attached hydrogens (tertiary/aromatic N) is 1. The Hall–Kier alpha value is -0.660. The van der Waals surface area contributed by atoms with E-state index in [2.05, 4.69) is 0 Å². The third-order valence-corrected chi connectivity index (χ3v) is 6.50. The van der Waals surface area contributed by atoms with E-state index in [-0.39, 0.29) is 6.04 Å². The second kappa shape index (κ2) is 5.76. The zero-order chi connectivity index (χ0) is 14.0. The van der Waals surface area contributed by atoms with Crippen LogP contribution in [-0.2, 0) is 24.3 Å². The van der Waals surface area contributed by atoms with Crippen LogP contribution in [0.2, 0.25) is 0 Å². The summed E-state index contributed by atoms with van der Waals surface area (Å²) < 4.78 is 36.9. The monoisotopic (exact) mass is 291 g/mol. The summed E-state index contributed by atoms with van der Waals surface area (Å²) in [6.45, 7) is 3.03. The molecule has 0 radical (unpaired) electrons. The molecule has 0 aromatic rings. The molecule has 3 unspecified atom stereocenters. The molecule has 0 amide bonds. The molecule has 7 heteroatoms. The molecule has 1 saturated carbocycles. The first-order chi connectivity index (χ1) is 8.98. The van der Waals surface area contributed by atoms with Gasteiger partial charge in [0.05, 0.1) is 31.5 Å². The quantitative estimate of drug-likeness (QED) is 0.703. The Morgan fingerprint density at radius 2 is 2.11 bits per heavy atom. The van der Waals surface area contributed by atoms with Crippen molar-refractivity contribution >= 4 is 16.0 Å². The topological polar surface area (TPSA) is 72.9 Å². The van der Waals surface area contributed by atoms with Gasteiger partial charge in [0, 0.05) is 12.6 Å². The van der Waals surface area contributed by atoms with E-state index in [9.17, 15) is 13.2 Å². The number of hydrogen-bond donors (Lipinski definition) is 0. The predicted octanol–water partition coefficient (Wildman–Crippen LogP) is 0.379. The Morgan fingerprint density at radius 3 is 2.74 bits per heavy atom. The lowest BCUT2D eigenvalue weighted by Crippen LogP contribution is -2.51. The van der Waals surface area contributed by atoms with E-state index in [1.165, 1.54) is 11.4 Å². The van der Waals surface area contributed by atoms with Crippen molar-refractivity contribution in [2.24, 2.45) is 5.92 Å². The molecular formula is C12H21NO5S. The van der Waals surface area contributed by atoms with E-state index in [4.69, 9.17) is 9.47 Å². The molecule has 110 valence electrons. The molecule has 6 nitrogen and oxygen atoms in total. The molecule has 1 heterocycles. The minimum absolute atomic E-state index is 0.169. The molecule has 0 N–H and O–H groups in total. The molecule has 2 fully saturated rings. The summed E-state index contributed by atoms with van der Waals surface area (Å²) in [6, 6.07) is -0.169. The summed E-state index contributed by atoms with van der Waals surface area (Å²) in [5, 5.41) is -0.638. The van der Waals surface area contributed by atoms with Crippen LogP contribution < -0.4 is 0 Å². The van der Waals surface area contributed by atoms with Gasteiger partial charge in [-0.15, -0.1) is 0 Å². The summed E-state index contributed by atoms with van der Waals surface area (Å²) in [5.74, 6) is -0.933. The first kappa shape index (κ1) is 14.7. The number of hydrogen-bond acceptors (Lipinski definition) is 5. The number of carbonyl (C=O) groups is 1. The van der Waals surface area contributed by atoms with Crippen LogP contribution in [0.1, 0.15) is 26.2 Å². The van der Waals surface area contributed by atoms with Gasteiger partial charge in [0.1, 0.15) is 0 Å². The lowest BCUT2D eigenvalue weighted by Gasteiger charge is -2.35. The maximum absolute atomic E-state index is 12.7. The summed E-state index contributed by atoms with van der Waals surface area (Å²) in [7, 11) is -2.16. The van der Waals surface area contributed by atoms with Crippen molar-refractivity contribution in [2.75, 3.05) is 26.9 Å². The minimum atomic E-state index is -3.46. The highest BCUT2D eigenvalue weighted by atomic mass is 32.2. The number of ether oxygens (including phenoxy) is 2. The zero-order valence-corrected chi connectivity index (χ0v) is 12.2. The molecule has 1 saturated heterocycles. The average Bonchev–Trinajstić information content (AvgIpc) is 2.88. The lowest BCUT2D eigenvalue weighted by molar-refractivity contribution is -0.145. The van der Waals surface area contributed by atoms with Gasteiger partial charge in [0.25, 0.3) is 0 Å². The van der Waals surface area contributed by atoms with E-state index >= 15 is 0 Å². The predicted molar refractivity (Wildman–Crippen MR) is 69.1 cm³/mol. The highest BCUT2D eigenvalue weighted by molar-refractivity contribution is 7.89. The van der Waals surface area contributed by atoms with Crippen molar-refractivity contribution in [3.05, 3.63) is 0 Å². The molecule has 0 aromatic heterocycles. The number of morpholine rings is 1. The van der Waals surface area contributed by atoms with Gasteiger partial charge in [-0.05, 0) is 19.8 Å². The van der Waals surface area contributed by atoms with Gasteiger partial charge in [-0.25, -0.2) is 8.42 Å². The third kappa shape index (κ3) is 2.78. The van der Waals surface area contributed by atoms with Gasteiger partial charge >= 0.3 is 5.97 Å². The van der Waals surface area contributed by atoms with Gasteiger partial charge in [-0.2, -0.15) is 4.31 Å². The number of carbonyl (C=O) groups excluding carboxylic acids is 1. The van der Waals surface area contributed by atoms with Crippen molar-refractivity contribution in [2.45, 2.75) is 37.5 Å². The van der Waals surface area contributed by atoms with E-state index in [0.29, 0.717) is 32.6 Å². The SMILES string of the molecule is COC(=O)C1CCCC1S(=O)(=O)N1CCOCC1C. The van der Waals surface area contributed by atoms with Crippen LogP contribution in [0, 0.1) is 5.92 Å². The molecule has 0 aromatic carbocycles. The lowest BCUT2D eigenvalue weighted by atomic mass is 10.1. The number of esters is 1. The normalized spacial score (nSPS) is 33.3. The third-order valence-electron chi connectivity index (χ3n) is 3.97. The maximum atomic E-state index is 12.7. The van der Waals surface area contributed by atoms with Crippen LogP contribution in [-0.4, -0.2) is 56.9 Å². The molecule has 1 aliphatic heterocycles. The first-order valence-electron chi connectivity index (χ1n) is 6.64. The number of rotatable bonds is 3. The van der Waals surface area contributed by atoms with Crippen LogP contribution in [0.5, 0.6) is 0 Å². The highest BCUT2D eigenvalue weighted by Gasteiger charge is 2.46. The van der Waals surface area contributed by atoms with Crippen molar-refractivity contribution in [1.82, 2.24) is 4.31 Å². The fourth-order valence-corrected chi connectivity index (χ4v) is 5.33. The van der Waals surface area contributed by atoms with Crippen LogP contribution in [0.3, 0.4) is 0 Å². The fourth-order valence-electron chi connectivity index (χ4n) is 2.97. The standard InChI is InChI=1S/C12H21NO5S/c1-9-8-18-7-6-13(9)19(15,16)11-5-3-4-10(11)12(14)17-2/h9-11H,3-8H2,1-2H3. The van der Waals surface area contributed by atoms with Gasteiger partial charge in [0.2, 0.25) is 10.0 Å². The fraction of sp³-hybridized carbons (Fsp3) is 0.917. The number of methoxy groups -OCH3 is 1. The zero-order valence-electron chi connectivity index (χ0n) is 11.4. The largest absolute Gasteiger partial charge is 0.469 e. The Morgan fingerprint density at radius 1 is 1.37 bits per heavy atom. The molecule has 2 rings (SSSR count). The van der Waals surface area contributed by atoms with Crippen molar-refractivity contribution in [3.63, 3.8) is 0 Å². The molecule has 1 aliphatic carbocycles. The average molecular weight is 291 g/mol. The second-order valence-electron chi connectivity index (χ2n) is 5.18. The van der Waals surface area contributed by atoms with Crippen molar-refractivity contribution < 1.29 is 22.7 Å². The van der Waals surface area contributed by atoms with E-state index in [0.717, 1.165) is 6.42 Å². The minimum Gasteiger partial charge on any atom is -0.469 e. The Balaban J connectivity index is 2.20. The van der Waals surface area contributed by atoms with E-state index < -0.39 is 27.2 Å². The van der Waals surface area contributed by atoms with E-state index in [1.54, 1.807) is 0 Å². The molecule has 3 atom stereocenters. The van der Waals surface area contributed by atoms with Crippen LogP contribution in [0.15, 0.2) is 0 Å². The number of sulfonamides is 1. The molecule has 0 spiro atoms. The van der Waals surface area contributed by atoms with Crippen molar-refractivity contribution in [3.8, 4) is 0 Å². The smallest absolute Gasteiger partial charge is 0.310 e. The molecule has 2 aliphatic rings. The van der Waals surface area contributed by atoms with Crippen LogP contribution in [0.25, 0.3) is 0 Å². The van der Waals surface area contributed by atoms with Crippen LogP contribution >= 0.6 is 0 Å². The Kier molecular flexibility index (Phi) is 4.47. The molecule has 0 bridgehead atoms. The first-order valence-corrected chi connectivity index (χ1v) is 8.15. The van der Waals surface area contributed by atoms with Gasteiger partial charge in [-0.1, -0.05) is 6.42 Å². The summed E-state index contributed by atoms with van der Waals surface area (Å²) >= 11 is 0. The van der Waals surface area contributed by atoms with E-state index in [1.807, 2.05) is 6.92 Å². The Bertz CT molecular complexity index is 435. The van der Waals surface area contributed by atoms with Crippen LogP contribution in [0.4, 0.5) is 0 Å². The summed E-state index contributed by atoms with van der Waals surface area (Å²) in [5.41, 5.74) is 0. The molecule has 19 heavy (non-hydrogen) atoms. The second-order valence-corrected chi connectivity index (χ2v) is 7.28. The maximum Gasteiger partial charge on any atom is 0.310 e. The molecular weight excluding hydrogens is 270 g/mol.